The van der Waals surface area contributed by atoms with Crippen molar-refractivity contribution in [3.8, 4) is 11.5 Å². The number of methoxy groups -OCH3 is 2. The van der Waals surface area contributed by atoms with Gasteiger partial charge in [0.25, 0.3) is 5.91 Å². The predicted octanol–water partition coefficient (Wildman–Crippen LogP) is 3.89. The highest BCUT2D eigenvalue weighted by molar-refractivity contribution is 6.31. The second-order valence-electron chi connectivity index (χ2n) is 10.3. The van der Waals surface area contributed by atoms with Crippen molar-refractivity contribution in [3.05, 3.63) is 70.5 Å². The molecule has 0 saturated heterocycles. The van der Waals surface area contributed by atoms with Crippen LogP contribution in [0.2, 0.25) is 5.15 Å². The molecule has 9 nitrogen and oxygen atoms in total. The molecule has 1 fully saturated rings. The summed E-state index contributed by atoms with van der Waals surface area (Å²) in [7, 11) is 5.65. The number of hydrogen-bond donors (Lipinski definition) is 3. The number of anilines is 2. The predicted molar refractivity (Wildman–Crippen MR) is 154 cm³/mol. The Bertz CT molecular complexity index is 1220. The van der Waals surface area contributed by atoms with Crippen LogP contribution in [0.1, 0.15) is 40.9 Å². The van der Waals surface area contributed by atoms with Crippen LogP contribution in [0.15, 0.2) is 48.5 Å². The molecule has 1 aliphatic rings. The summed E-state index contributed by atoms with van der Waals surface area (Å²) in [5.74, 6) is 1.33. The first-order valence-corrected chi connectivity index (χ1v) is 13.6. The lowest BCUT2D eigenvalue weighted by Gasteiger charge is -2.36. The number of nitrogens with two attached hydrogens (primary N) is 2. The lowest BCUT2D eigenvalue weighted by atomic mass is 10.1. The monoisotopic (exact) mass is 553 g/mol. The van der Waals surface area contributed by atoms with Crippen molar-refractivity contribution in [2.45, 2.75) is 44.2 Å². The van der Waals surface area contributed by atoms with Crippen molar-refractivity contribution >= 4 is 29.1 Å². The molecule has 3 aromatic rings. The number of ether oxygens (including phenoxy) is 2. The Hall–Kier alpha value is -3.56. The summed E-state index contributed by atoms with van der Waals surface area (Å²) in [4.78, 5) is 20.9. The number of likely N-dealkylation sites (N-methyl/N-ethyl adjacent to an activating group) is 1. The fourth-order valence-corrected chi connectivity index (χ4v) is 5.31. The molecular weight excluding hydrogens is 516 g/mol. The minimum Gasteiger partial charge on any atom is -0.497 e. The highest BCUT2D eigenvalue weighted by Crippen LogP contribution is 2.35. The van der Waals surface area contributed by atoms with Crippen LogP contribution in [0.3, 0.4) is 0 Å². The van der Waals surface area contributed by atoms with E-state index in [9.17, 15) is 4.79 Å². The fourth-order valence-electron chi connectivity index (χ4n) is 5.19. The van der Waals surface area contributed by atoms with Crippen molar-refractivity contribution < 1.29 is 18.8 Å². The number of hydrogen-bond acceptors (Lipinski definition) is 7. The molecule has 5 N–H and O–H groups in total. The number of nitrogens with zero attached hydrogens (tertiary/aromatic N) is 3. The number of nitrogens with one attached hydrogen (secondary N) is 1. The molecule has 1 unspecified atom stereocenters. The molecule has 1 aliphatic carbocycles. The van der Waals surface area contributed by atoms with E-state index in [0.29, 0.717) is 6.04 Å². The van der Waals surface area contributed by atoms with Gasteiger partial charge in [-0.25, -0.2) is 9.97 Å². The van der Waals surface area contributed by atoms with Crippen LogP contribution in [-0.2, 0) is 12.8 Å². The first-order valence-electron chi connectivity index (χ1n) is 13.2. The van der Waals surface area contributed by atoms with Crippen LogP contribution in [0.4, 0.5) is 11.6 Å². The van der Waals surface area contributed by atoms with E-state index in [1.54, 1.807) is 14.2 Å². The van der Waals surface area contributed by atoms with Crippen LogP contribution in [0, 0.1) is 0 Å². The molecule has 4 rings (SSSR count). The first kappa shape index (κ1) is 28.4. The number of quaternary nitrogens is 1. The van der Waals surface area contributed by atoms with Crippen molar-refractivity contribution in [2.75, 3.05) is 45.8 Å². The zero-order valence-electron chi connectivity index (χ0n) is 22.8. The van der Waals surface area contributed by atoms with Gasteiger partial charge in [0.15, 0.2) is 22.5 Å². The van der Waals surface area contributed by atoms with Gasteiger partial charge in [-0.05, 0) is 48.2 Å². The van der Waals surface area contributed by atoms with E-state index in [2.05, 4.69) is 46.6 Å². The SMILES string of the molecule is COc1ccc(CCC[N+](C)(CCCc2ccc(OC)cc2)C2C[C@H]2NC(=O)c2nc(Cl)c(N)nc2N)cc1. The van der Waals surface area contributed by atoms with Gasteiger partial charge in [0.2, 0.25) is 0 Å². The van der Waals surface area contributed by atoms with Gasteiger partial charge in [0.05, 0.1) is 40.4 Å². The molecule has 1 saturated carbocycles. The van der Waals surface area contributed by atoms with Gasteiger partial charge in [-0.15, -0.1) is 0 Å². The Morgan fingerprint density at radius 2 is 1.44 bits per heavy atom. The number of carbonyl (C=O) groups is 1. The Morgan fingerprint density at radius 3 is 1.92 bits per heavy atom. The van der Waals surface area contributed by atoms with Crippen molar-refractivity contribution in [1.29, 1.82) is 0 Å². The minimum absolute atomic E-state index is 0.00739. The summed E-state index contributed by atoms with van der Waals surface area (Å²) in [6.45, 7) is 2.00. The second-order valence-corrected chi connectivity index (χ2v) is 10.7. The summed E-state index contributed by atoms with van der Waals surface area (Å²) in [6, 6.07) is 16.8. The van der Waals surface area contributed by atoms with E-state index in [-0.39, 0.29) is 34.4 Å². The normalized spacial score (nSPS) is 16.5. The molecule has 2 aromatic carbocycles. The summed E-state index contributed by atoms with van der Waals surface area (Å²) in [5.41, 5.74) is 14.1. The van der Waals surface area contributed by atoms with Gasteiger partial charge >= 0.3 is 0 Å². The molecular formula is C29H38ClN6O3+. The van der Waals surface area contributed by atoms with E-state index < -0.39 is 0 Å². The Kier molecular flexibility index (Phi) is 9.14. The molecule has 0 bridgehead atoms. The van der Waals surface area contributed by atoms with Crippen LogP contribution in [0.25, 0.3) is 0 Å². The second kappa shape index (κ2) is 12.5. The van der Waals surface area contributed by atoms with Crippen molar-refractivity contribution in [3.63, 3.8) is 0 Å². The van der Waals surface area contributed by atoms with Gasteiger partial charge in [-0.3, -0.25) is 4.79 Å². The topological polar surface area (TPSA) is 125 Å². The fraction of sp³-hybridized carbons (Fsp3) is 0.414. The van der Waals surface area contributed by atoms with E-state index in [1.807, 2.05) is 24.3 Å². The van der Waals surface area contributed by atoms with E-state index >= 15 is 0 Å². The molecule has 1 aromatic heterocycles. The number of halogens is 1. The highest BCUT2D eigenvalue weighted by atomic mass is 35.5. The molecule has 1 amide bonds. The molecule has 0 spiro atoms. The molecule has 0 radical (unpaired) electrons. The third-order valence-electron chi connectivity index (χ3n) is 7.58. The molecule has 0 aliphatic heterocycles. The Balaban J connectivity index is 1.39. The van der Waals surface area contributed by atoms with Gasteiger partial charge < -0.3 is 30.7 Å². The number of rotatable bonds is 13. The number of aryl methyl sites for hydroxylation is 2. The zero-order chi connectivity index (χ0) is 28.0. The third-order valence-corrected chi connectivity index (χ3v) is 7.86. The number of nitrogen functional groups attached to an aromatic ring is 2. The molecule has 2 atom stereocenters. The summed E-state index contributed by atoms with van der Waals surface area (Å²) in [5, 5.41) is 3.06. The number of carbonyl (C=O) groups excluding carboxylic acids is 1. The van der Waals surface area contributed by atoms with Crippen LogP contribution in [-0.4, -0.2) is 66.8 Å². The zero-order valence-corrected chi connectivity index (χ0v) is 23.6. The summed E-state index contributed by atoms with van der Waals surface area (Å²) < 4.78 is 11.4. The van der Waals surface area contributed by atoms with Gasteiger partial charge in [0, 0.05) is 19.3 Å². The van der Waals surface area contributed by atoms with Crippen LogP contribution < -0.4 is 26.3 Å². The molecule has 39 heavy (non-hydrogen) atoms. The quantitative estimate of drug-likeness (QED) is 0.274. The van der Waals surface area contributed by atoms with Crippen molar-refractivity contribution in [2.24, 2.45) is 0 Å². The van der Waals surface area contributed by atoms with Gasteiger partial charge in [-0.2, -0.15) is 0 Å². The maximum Gasteiger partial charge on any atom is 0.274 e. The Labute approximate surface area is 235 Å². The van der Waals surface area contributed by atoms with Crippen LogP contribution >= 0.6 is 11.6 Å². The van der Waals surface area contributed by atoms with Crippen molar-refractivity contribution in [1.82, 2.24) is 15.3 Å². The van der Waals surface area contributed by atoms with Crippen LogP contribution in [0.5, 0.6) is 11.5 Å². The summed E-state index contributed by atoms with van der Waals surface area (Å²) >= 11 is 5.98. The number of aromatic nitrogens is 2. The molecule has 10 heteroatoms. The largest absolute Gasteiger partial charge is 0.497 e. The smallest absolute Gasteiger partial charge is 0.274 e. The van der Waals surface area contributed by atoms with E-state index in [1.165, 1.54) is 11.1 Å². The molecule has 1 heterocycles. The Morgan fingerprint density at radius 1 is 0.923 bits per heavy atom. The third kappa shape index (κ3) is 7.30. The standard InChI is InChI=1S/C29H37ClN6O3/c1-36(16-4-6-19-8-12-21(38-2)13-9-19,17-5-7-20-10-14-22(39-3)15-11-20)24-18-23(24)33-29(37)25-27(31)35-28(32)26(30)34-25/h8-15,23-24H,4-7,16-18H2,1-3H3,(H4-,31,32,33,35,37)/p+1/t23-,24?/m1/s1. The number of amides is 1. The van der Waals surface area contributed by atoms with E-state index in [4.69, 9.17) is 32.5 Å². The highest BCUT2D eigenvalue weighted by Gasteiger charge is 2.52. The molecule has 208 valence electrons. The maximum absolute atomic E-state index is 12.9. The lowest BCUT2D eigenvalue weighted by molar-refractivity contribution is -0.921. The number of benzene rings is 2. The lowest BCUT2D eigenvalue weighted by Crippen LogP contribution is -2.51. The average Bonchev–Trinajstić information content (AvgIpc) is 3.71. The minimum atomic E-state index is -0.377. The first-order chi connectivity index (χ1) is 18.7. The van der Waals surface area contributed by atoms with E-state index in [0.717, 1.165) is 61.2 Å². The van der Waals surface area contributed by atoms with Gasteiger partial charge in [0.1, 0.15) is 17.5 Å². The summed E-state index contributed by atoms with van der Waals surface area (Å²) in [6.07, 6.45) is 4.93. The maximum atomic E-state index is 12.9. The average molecular weight is 554 g/mol. The van der Waals surface area contributed by atoms with Gasteiger partial charge in [-0.1, -0.05) is 35.9 Å².